The van der Waals surface area contributed by atoms with Crippen LogP contribution in [-0.2, 0) is 0 Å². The van der Waals surface area contributed by atoms with Crippen LogP contribution in [0.4, 0.5) is 0 Å². The Labute approximate surface area is 127 Å². The quantitative estimate of drug-likeness (QED) is 0.642. The predicted octanol–water partition coefficient (Wildman–Crippen LogP) is 4.44. The largest absolute Gasteiger partial charge is 0.271 e. The van der Waals surface area contributed by atoms with Gasteiger partial charge in [-0.25, -0.2) is 0 Å². The van der Waals surface area contributed by atoms with Gasteiger partial charge in [0.1, 0.15) is 0 Å². The number of benzene rings is 2. The maximum atomic E-state index is 5.83. The second-order valence-corrected chi connectivity index (χ2v) is 6.03. The first-order valence-corrected chi connectivity index (χ1v) is 8.00. The molecule has 2 aromatic rings. The van der Waals surface area contributed by atoms with Crippen LogP contribution in [-0.4, -0.2) is 0 Å². The van der Waals surface area contributed by atoms with E-state index >= 15 is 0 Å². The van der Waals surface area contributed by atoms with Crippen LogP contribution in [0.15, 0.2) is 54.6 Å². The van der Waals surface area contributed by atoms with E-state index in [2.05, 4.69) is 60.0 Å². The van der Waals surface area contributed by atoms with Crippen LogP contribution in [0, 0.1) is 5.92 Å². The Morgan fingerprint density at radius 2 is 1.43 bits per heavy atom. The van der Waals surface area contributed by atoms with Gasteiger partial charge in [0.05, 0.1) is 0 Å². The lowest BCUT2D eigenvalue weighted by molar-refractivity contribution is 0.273. The Bertz CT molecular complexity index is 542. The smallest absolute Gasteiger partial charge is 0.0488 e. The van der Waals surface area contributed by atoms with Gasteiger partial charge in [-0.3, -0.25) is 11.3 Å². The van der Waals surface area contributed by atoms with E-state index in [-0.39, 0.29) is 6.04 Å². The van der Waals surface area contributed by atoms with Crippen molar-refractivity contribution in [1.29, 1.82) is 0 Å². The Morgan fingerprint density at radius 3 is 2.05 bits per heavy atom. The molecule has 21 heavy (non-hydrogen) atoms. The molecule has 1 saturated carbocycles. The predicted molar refractivity (Wildman–Crippen MR) is 88.5 cm³/mol. The van der Waals surface area contributed by atoms with Crippen LogP contribution in [0.2, 0.25) is 0 Å². The van der Waals surface area contributed by atoms with E-state index in [9.17, 15) is 0 Å². The molecule has 1 aliphatic carbocycles. The summed E-state index contributed by atoms with van der Waals surface area (Å²) in [5.74, 6) is 6.51. The molecule has 2 aromatic carbocycles. The molecular formula is C19H24N2. The van der Waals surface area contributed by atoms with Crippen molar-refractivity contribution in [3.05, 3.63) is 60.2 Å². The van der Waals surface area contributed by atoms with Gasteiger partial charge in [0.25, 0.3) is 0 Å². The molecule has 1 fully saturated rings. The summed E-state index contributed by atoms with van der Waals surface area (Å²) in [5, 5.41) is 0. The van der Waals surface area contributed by atoms with E-state index in [1.54, 1.807) is 0 Å². The van der Waals surface area contributed by atoms with Crippen molar-refractivity contribution in [2.75, 3.05) is 0 Å². The number of hydrazine groups is 1. The molecule has 0 heterocycles. The Balaban J connectivity index is 1.79. The molecule has 3 rings (SSSR count). The van der Waals surface area contributed by atoms with Crippen LogP contribution in [0.25, 0.3) is 11.1 Å². The summed E-state index contributed by atoms with van der Waals surface area (Å²) in [7, 11) is 0. The number of hydrogen-bond acceptors (Lipinski definition) is 2. The molecule has 3 N–H and O–H groups in total. The monoisotopic (exact) mass is 280 g/mol. The Hall–Kier alpha value is -1.64. The van der Waals surface area contributed by atoms with Gasteiger partial charge in [-0.05, 0) is 35.4 Å². The van der Waals surface area contributed by atoms with Crippen molar-refractivity contribution in [1.82, 2.24) is 5.43 Å². The topological polar surface area (TPSA) is 38.0 Å². The van der Waals surface area contributed by atoms with Crippen LogP contribution in [0.5, 0.6) is 0 Å². The highest BCUT2D eigenvalue weighted by atomic mass is 15.2. The molecule has 1 aliphatic rings. The van der Waals surface area contributed by atoms with Gasteiger partial charge in [0, 0.05) is 6.04 Å². The van der Waals surface area contributed by atoms with E-state index in [0.29, 0.717) is 5.92 Å². The Kier molecular flexibility index (Phi) is 4.69. The molecule has 110 valence electrons. The third-order valence-corrected chi connectivity index (χ3v) is 4.68. The van der Waals surface area contributed by atoms with Gasteiger partial charge >= 0.3 is 0 Å². The molecule has 0 spiro atoms. The fraction of sp³-hybridized carbons (Fsp3) is 0.368. The third-order valence-electron chi connectivity index (χ3n) is 4.68. The van der Waals surface area contributed by atoms with Crippen molar-refractivity contribution in [2.45, 2.75) is 38.1 Å². The minimum Gasteiger partial charge on any atom is -0.271 e. The minimum atomic E-state index is 0.287. The minimum absolute atomic E-state index is 0.287. The zero-order chi connectivity index (χ0) is 14.5. The average molecular weight is 280 g/mol. The first-order valence-electron chi connectivity index (χ1n) is 8.00. The summed E-state index contributed by atoms with van der Waals surface area (Å²) in [6.45, 7) is 0. The Morgan fingerprint density at radius 1 is 0.810 bits per heavy atom. The molecular weight excluding hydrogens is 256 g/mol. The normalized spacial score (nSPS) is 17.6. The number of nitrogens with two attached hydrogens (primary N) is 1. The second kappa shape index (κ2) is 6.88. The summed E-state index contributed by atoms with van der Waals surface area (Å²) in [4.78, 5) is 0. The van der Waals surface area contributed by atoms with Crippen molar-refractivity contribution < 1.29 is 0 Å². The number of nitrogens with one attached hydrogen (secondary N) is 1. The van der Waals surface area contributed by atoms with E-state index in [1.165, 1.54) is 48.8 Å². The molecule has 0 bridgehead atoms. The molecule has 0 aromatic heterocycles. The molecule has 2 nitrogen and oxygen atoms in total. The van der Waals surface area contributed by atoms with Crippen molar-refractivity contribution in [2.24, 2.45) is 11.8 Å². The average Bonchev–Trinajstić information content (AvgIpc) is 2.58. The lowest BCUT2D eigenvalue weighted by Gasteiger charge is -2.30. The van der Waals surface area contributed by atoms with E-state index in [1.807, 2.05) is 0 Å². The van der Waals surface area contributed by atoms with Gasteiger partial charge in [-0.1, -0.05) is 73.9 Å². The SMILES string of the molecule is NNC(c1ccc(-c2ccccc2)cc1)C1CCCCC1. The highest BCUT2D eigenvalue weighted by molar-refractivity contribution is 5.63. The van der Waals surface area contributed by atoms with Crippen LogP contribution in [0.1, 0.15) is 43.7 Å². The lowest BCUT2D eigenvalue weighted by atomic mass is 9.81. The molecule has 2 heteroatoms. The summed E-state index contributed by atoms with van der Waals surface area (Å²) >= 11 is 0. The second-order valence-electron chi connectivity index (χ2n) is 6.03. The first-order chi connectivity index (χ1) is 10.4. The summed E-state index contributed by atoms with van der Waals surface area (Å²) < 4.78 is 0. The van der Waals surface area contributed by atoms with Crippen molar-refractivity contribution >= 4 is 0 Å². The molecule has 1 unspecified atom stereocenters. The van der Waals surface area contributed by atoms with Gasteiger partial charge in [0.15, 0.2) is 0 Å². The van der Waals surface area contributed by atoms with Gasteiger partial charge < -0.3 is 0 Å². The molecule has 0 radical (unpaired) electrons. The lowest BCUT2D eigenvalue weighted by Crippen LogP contribution is -2.34. The fourth-order valence-corrected chi connectivity index (χ4v) is 3.49. The van der Waals surface area contributed by atoms with E-state index in [4.69, 9.17) is 5.84 Å². The maximum absolute atomic E-state index is 5.83. The maximum Gasteiger partial charge on any atom is 0.0488 e. The van der Waals surface area contributed by atoms with E-state index < -0.39 is 0 Å². The van der Waals surface area contributed by atoms with Crippen LogP contribution < -0.4 is 11.3 Å². The number of rotatable bonds is 4. The first kappa shape index (κ1) is 14.3. The molecule has 0 amide bonds. The zero-order valence-electron chi connectivity index (χ0n) is 12.5. The fourth-order valence-electron chi connectivity index (χ4n) is 3.49. The molecule has 1 atom stereocenters. The van der Waals surface area contributed by atoms with Gasteiger partial charge in [-0.15, -0.1) is 0 Å². The van der Waals surface area contributed by atoms with Crippen molar-refractivity contribution in [3.63, 3.8) is 0 Å². The van der Waals surface area contributed by atoms with Crippen molar-refractivity contribution in [3.8, 4) is 11.1 Å². The van der Waals surface area contributed by atoms with Gasteiger partial charge in [-0.2, -0.15) is 0 Å². The number of hydrogen-bond donors (Lipinski definition) is 2. The highest BCUT2D eigenvalue weighted by Gasteiger charge is 2.23. The van der Waals surface area contributed by atoms with Crippen LogP contribution >= 0.6 is 0 Å². The third kappa shape index (κ3) is 3.34. The summed E-state index contributed by atoms with van der Waals surface area (Å²) in [6, 6.07) is 19.7. The highest BCUT2D eigenvalue weighted by Crippen LogP contribution is 2.34. The summed E-state index contributed by atoms with van der Waals surface area (Å²) in [5.41, 5.74) is 6.88. The molecule has 0 aliphatic heterocycles. The van der Waals surface area contributed by atoms with E-state index in [0.717, 1.165) is 0 Å². The summed E-state index contributed by atoms with van der Waals surface area (Å²) in [6.07, 6.45) is 6.63. The van der Waals surface area contributed by atoms with Crippen LogP contribution in [0.3, 0.4) is 0 Å². The van der Waals surface area contributed by atoms with Gasteiger partial charge in [0.2, 0.25) is 0 Å². The standard InChI is InChI=1S/C19H24N2/c20-21-19(17-9-5-2-6-10-17)18-13-11-16(12-14-18)15-7-3-1-4-8-15/h1,3-4,7-8,11-14,17,19,21H,2,5-6,9-10,20H2. The zero-order valence-corrected chi connectivity index (χ0v) is 12.5. The molecule has 0 saturated heterocycles.